The Morgan fingerprint density at radius 2 is 1.95 bits per heavy atom. The van der Waals surface area contributed by atoms with Gasteiger partial charge in [-0.2, -0.15) is 0 Å². The van der Waals surface area contributed by atoms with Crippen LogP contribution in [0.3, 0.4) is 0 Å². The minimum atomic E-state index is -0.275. The monoisotopic (exact) mass is 309 g/mol. The van der Waals surface area contributed by atoms with Gasteiger partial charge in [-0.15, -0.1) is 0 Å². The molecule has 0 aliphatic carbocycles. The molecule has 2 amide bonds. The van der Waals surface area contributed by atoms with Gasteiger partial charge in [0.2, 0.25) is 0 Å². The standard InChI is InChI=1S/C14H16N2O4S/c1-19-10-4-3-9(7-11(10)20-2)8-12-13(17)16(6-5-15)14(18)21-12/h3-4,7-8H,5-6,15H2,1-2H3/p+1/b12-8-. The van der Waals surface area contributed by atoms with Crippen molar-refractivity contribution in [3.63, 3.8) is 0 Å². The number of thioether (sulfide) groups is 1. The lowest BCUT2D eigenvalue weighted by Crippen LogP contribution is -2.55. The summed E-state index contributed by atoms with van der Waals surface area (Å²) in [7, 11) is 3.10. The molecule has 0 unspecified atom stereocenters. The molecule has 0 spiro atoms. The Labute approximate surface area is 126 Å². The molecule has 0 radical (unpaired) electrons. The van der Waals surface area contributed by atoms with Gasteiger partial charge in [0.1, 0.15) is 0 Å². The SMILES string of the molecule is COc1ccc(/C=C2\SC(=O)N(CC[NH3+])C2=O)cc1OC. The number of hydrogen-bond donors (Lipinski definition) is 1. The Bertz CT molecular complexity index is 601. The van der Waals surface area contributed by atoms with Crippen LogP contribution in [0.5, 0.6) is 11.5 Å². The molecule has 1 aromatic carbocycles. The topological polar surface area (TPSA) is 83.5 Å². The van der Waals surface area contributed by atoms with Crippen LogP contribution in [0.2, 0.25) is 0 Å². The van der Waals surface area contributed by atoms with Crippen molar-refractivity contribution in [1.82, 2.24) is 4.90 Å². The first kappa shape index (κ1) is 15.4. The Balaban J connectivity index is 2.28. The number of rotatable bonds is 5. The molecule has 0 bridgehead atoms. The lowest BCUT2D eigenvalue weighted by Gasteiger charge is -2.09. The second kappa shape index (κ2) is 6.64. The van der Waals surface area contributed by atoms with Gasteiger partial charge in [-0.1, -0.05) is 6.07 Å². The van der Waals surface area contributed by atoms with E-state index in [1.54, 1.807) is 38.5 Å². The quantitative estimate of drug-likeness (QED) is 0.820. The number of quaternary nitrogens is 1. The number of nitrogens with zero attached hydrogens (tertiary/aromatic N) is 1. The lowest BCUT2D eigenvalue weighted by molar-refractivity contribution is -0.367. The molecule has 1 fully saturated rings. The van der Waals surface area contributed by atoms with Crippen LogP contribution in [0.1, 0.15) is 5.56 Å². The molecule has 1 aliphatic rings. The molecule has 6 nitrogen and oxygen atoms in total. The van der Waals surface area contributed by atoms with Crippen molar-refractivity contribution in [2.45, 2.75) is 0 Å². The fraction of sp³-hybridized carbons (Fsp3) is 0.286. The average Bonchev–Trinajstić information content (AvgIpc) is 2.75. The van der Waals surface area contributed by atoms with Gasteiger partial charge in [0.25, 0.3) is 11.1 Å². The molecule has 0 saturated carbocycles. The van der Waals surface area contributed by atoms with Crippen LogP contribution < -0.4 is 15.2 Å². The van der Waals surface area contributed by atoms with Gasteiger partial charge >= 0.3 is 0 Å². The van der Waals surface area contributed by atoms with E-state index in [9.17, 15) is 9.59 Å². The first-order valence-corrected chi connectivity index (χ1v) is 7.19. The summed E-state index contributed by atoms with van der Waals surface area (Å²) in [6.45, 7) is 0.843. The number of methoxy groups -OCH3 is 2. The van der Waals surface area contributed by atoms with Crippen LogP contribution in [-0.4, -0.2) is 43.4 Å². The van der Waals surface area contributed by atoms with Crippen molar-refractivity contribution in [3.05, 3.63) is 28.7 Å². The second-order valence-corrected chi connectivity index (χ2v) is 5.29. The first-order chi connectivity index (χ1) is 10.1. The van der Waals surface area contributed by atoms with E-state index in [2.05, 4.69) is 5.73 Å². The van der Waals surface area contributed by atoms with Crippen molar-refractivity contribution in [1.29, 1.82) is 0 Å². The first-order valence-electron chi connectivity index (χ1n) is 6.37. The normalized spacial score (nSPS) is 16.7. The number of carbonyl (C=O) groups is 2. The van der Waals surface area contributed by atoms with Gasteiger partial charge in [0.15, 0.2) is 11.5 Å². The van der Waals surface area contributed by atoms with Gasteiger partial charge in [-0.05, 0) is 35.5 Å². The maximum atomic E-state index is 12.1. The van der Waals surface area contributed by atoms with Crippen LogP contribution in [0, 0.1) is 0 Å². The molecular formula is C14H17N2O4S+. The highest BCUT2D eigenvalue weighted by Crippen LogP contribution is 2.34. The van der Waals surface area contributed by atoms with Crippen LogP contribution in [0.4, 0.5) is 4.79 Å². The van der Waals surface area contributed by atoms with E-state index in [1.807, 2.05) is 0 Å². The number of hydrogen-bond acceptors (Lipinski definition) is 5. The highest BCUT2D eigenvalue weighted by atomic mass is 32.2. The van der Waals surface area contributed by atoms with E-state index in [4.69, 9.17) is 9.47 Å². The zero-order valence-corrected chi connectivity index (χ0v) is 12.7. The lowest BCUT2D eigenvalue weighted by atomic mass is 10.2. The molecule has 1 saturated heterocycles. The van der Waals surface area contributed by atoms with Crippen molar-refractivity contribution < 1.29 is 24.8 Å². The Kier molecular flexibility index (Phi) is 4.87. The van der Waals surface area contributed by atoms with Gasteiger partial charge in [0.05, 0.1) is 32.2 Å². The minimum Gasteiger partial charge on any atom is -0.493 e. The smallest absolute Gasteiger partial charge is 0.293 e. The molecule has 21 heavy (non-hydrogen) atoms. The Hall–Kier alpha value is -1.99. The molecule has 2 rings (SSSR count). The molecule has 1 aromatic rings. The van der Waals surface area contributed by atoms with Gasteiger partial charge < -0.3 is 15.2 Å². The Morgan fingerprint density at radius 3 is 2.57 bits per heavy atom. The number of ether oxygens (including phenoxy) is 2. The summed E-state index contributed by atoms with van der Waals surface area (Å²) in [4.78, 5) is 25.5. The number of imide groups is 1. The summed E-state index contributed by atoms with van der Waals surface area (Å²) in [6.07, 6.45) is 1.68. The second-order valence-electron chi connectivity index (χ2n) is 4.30. The molecule has 112 valence electrons. The van der Waals surface area contributed by atoms with Crippen LogP contribution in [0.15, 0.2) is 23.1 Å². The van der Waals surface area contributed by atoms with E-state index in [0.29, 0.717) is 29.5 Å². The minimum absolute atomic E-state index is 0.254. The third-order valence-electron chi connectivity index (χ3n) is 2.96. The Morgan fingerprint density at radius 1 is 1.24 bits per heavy atom. The van der Waals surface area contributed by atoms with Crippen molar-refractivity contribution in [2.24, 2.45) is 0 Å². The zero-order valence-electron chi connectivity index (χ0n) is 11.9. The maximum Gasteiger partial charge on any atom is 0.293 e. The summed E-state index contributed by atoms with van der Waals surface area (Å²) in [5.41, 5.74) is 4.43. The molecular weight excluding hydrogens is 292 g/mol. The van der Waals surface area contributed by atoms with E-state index in [-0.39, 0.29) is 11.1 Å². The summed E-state index contributed by atoms with van der Waals surface area (Å²) in [5, 5.41) is -0.254. The zero-order chi connectivity index (χ0) is 15.4. The van der Waals surface area contributed by atoms with Crippen molar-refractivity contribution in [2.75, 3.05) is 27.3 Å². The predicted octanol–water partition coefficient (Wildman–Crippen LogP) is 0.982. The molecule has 0 atom stereocenters. The average molecular weight is 309 g/mol. The largest absolute Gasteiger partial charge is 0.493 e. The van der Waals surface area contributed by atoms with Crippen LogP contribution >= 0.6 is 11.8 Å². The third-order valence-corrected chi connectivity index (χ3v) is 3.87. The molecule has 1 aliphatic heterocycles. The van der Waals surface area contributed by atoms with Gasteiger partial charge in [-0.3, -0.25) is 14.5 Å². The molecule has 0 aromatic heterocycles. The van der Waals surface area contributed by atoms with Crippen molar-refractivity contribution >= 4 is 29.0 Å². The molecule has 3 N–H and O–H groups in total. The van der Waals surface area contributed by atoms with Gasteiger partial charge in [0, 0.05) is 0 Å². The molecule has 7 heteroatoms. The van der Waals surface area contributed by atoms with Gasteiger partial charge in [-0.25, -0.2) is 0 Å². The van der Waals surface area contributed by atoms with E-state index < -0.39 is 0 Å². The number of carbonyl (C=O) groups excluding carboxylic acids is 2. The summed E-state index contributed by atoms with van der Waals surface area (Å²) >= 11 is 0.939. The van der Waals surface area contributed by atoms with Crippen molar-refractivity contribution in [3.8, 4) is 11.5 Å². The van der Waals surface area contributed by atoms with E-state index in [0.717, 1.165) is 17.3 Å². The number of benzene rings is 1. The highest BCUT2D eigenvalue weighted by molar-refractivity contribution is 8.18. The van der Waals surface area contributed by atoms with E-state index >= 15 is 0 Å². The maximum absolute atomic E-state index is 12.1. The fourth-order valence-electron chi connectivity index (χ4n) is 1.94. The summed E-state index contributed by atoms with van der Waals surface area (Å²) in [5.74, 6) is 0.909. The van der Waals surface area contributed by atoms with E-state index in [1.165, 1.54) is 4.90 Å². The molecule has 1 heterocycles. The summed E-state index contributed by atoms with van der Waals surface area (Å²) < 4.78 is 10.4. The predicted molar refractivity (Wildman–Crippen MR) is 80.0 cm³/mol. The fourth-order valence-corrected chi connectivity index (χ4v) is 2.81. The van der Waals surface area contributed by atoms with Crippen LogP contribution in [-0.2, 0) is 4.79 Å². The highest BCUT2D eigenvalue weighted by Gasteiger charge is 2.34. The third kappa shape index (κ3) is 3.20. The summed E-state index contributed by atoms with van der Waals surface area (Å²) in [6, 6.07) is 5.32. The van der Waals surface area contributed by atoms with Crippen LogP contribution in [0.25, 0.3) is 6.08 Å². The number of amides is 2.